The molecule has 0 rings (SSSR count). The Morgan fingerprint density at radius 1 is 1.60 bits per heavy atom. The van der Waals surface area contributed by atoms with E-state index in [0.717, 1.165) is 0 Å². The van der Waals surface area contributed by atoms with Crippen LogP contribution >= 0.6 is 0 Å². The maximum Gasteiger partial charge on any atom is 0.389 e. The number of aliphatic hydroxyl groups is 1. The number of aliphatic hydroxyl groups excluding tert-OH is 1. The summed E-state index contributed by atoms with van der Waals surface area (Å²) in [4.78, 5) is 10.5. The van der Waals surface area contributed by atoms with Crippen molar-refractivity contribution in [2.24, 2.45) is 0 Å². The zero-order valence-corrected chi connectivity index (χ0v) is 9.07. The molecule has 88 valence electrons. The number of carbonyl (C=O) groups excluding carboxylic acids is 1. The standard InChI is InChI=1S/C7H13NO6S/c1-3-4-13-6-8(2)15(11,12)14-7(10)5-9/h3,9H,1,4-6H2,2H3. The van der Waals surface area contributed by atoms with Gasteiger partial charge in [-0.1, -0.05) is 6.08 Å². The van der Waals surface area contributed by atoms with Crippen LogP contribution in [-0.2, 0) is 24.0 Å². The van der Waals surface area contributed by atoms with Gasteiger partial charge >= 0.3 is 16.3 Å². The molecule has 0 saturated heterocycles. The van der Waals surface area contributed by atoms with Crippen molar-refractivity contribution in [3.8, 4) is 0 Å². The zero-order valence-electron chi connectivity index (χ0n) is 8.25. The molecule has 0 atom stereocenters. The van der Waals surface area contributed by atoms with Gasteiger partial charge in [-0.3, -0.25) is 0 Å². The van der Waals surface area contributed by atoms with Gasteiger partial charge in [-0.15, -0.1) is 10.9 Å². The highest BCUT2D eigenvalue weighted by Gasteiger charge is 2.22. The molecule has 0 aromatic heterocycles. The van der Waals surface area contributed by atoms with E-state index in [1.807, 2.05) is 0 Å². The van der Waals surface area contributed by atoms with E-state index in [1.54, 1.807) is 0 Å². The van der Waals surface area contributed by atoms with E-state index in [4.69, 9.17) is 9.84 Å². The van der Waals surface area contributed by atoms with Gasteiger partial charge < -0.3 is 14.0 Å². The average Bonchev–Trinajstić information content (AvgIpc) is 2.17. The SMILES string of the molecule is C=CCOCN(C)S(=O)(=O)OC(=O)CO. The van der Waals surface area contributed by atoms with E-state index < -0.39 is 22.9 Å². The summed E-state index contributed by atoms with van der Waals surface area (Å²) >= 11 is 0. The smallest absolute Gasteiger partial charge is 0.385 e. The summed E-state index contributed by atoms with van der Waals surface area (Å²) in [7, 11) is -3.02. The number of nitrogens with zero attached hydrogens (tertiary/aromatic N) is 1. The van der Waals surface area contributed by atoms with E-state index in [9.17, 15) is 13.2 Å². The summed E-state index contributed by atoms with van der Waals surface area (Å²) in [6, 6.07) is 0. The number of hydrogen-bond acceptors (Lipinski definition) is 6. The lowest BCUT2D eigenvalue weighted by atomic mass is 10.7. The molecule has 0 spiro atoms. The van der Waals surface area contributed by atoms with Crippen molar-refractivity contribution in [2.45, 2.75) is 0 Å². The minimum atomic E-state index is -4.19. The van der Waals surface area contributed by atoms with Crippen LogP contribution in [0.15, 0.2) is 12.7 Å². The largest absolute Gasteiger partial charge is 0.389 e. The first kappa shape index (κ1) is 14.0. The fourth-order valence-electron chi connectivity index (χ4n) is 0.537. The third-order valence-corrected chi connectivity index (χ3v) is 2.48. The second kappa shape index (κ2) is 6.51. The van der Waals surface area contributed by atoms with Gasteiger partial charge in [0.2, 0.25) is 0 Å². The van der Waals surface area contributed by atoms with Crippen molar-refractivity contribution in [2.75, 3.05) is 27.0 Å². The molecule has 0 radical (unpaired) electrons. The quantitative estimate of drug-likeness (QED) is 0.343. The molecule has 0 bridgehead atoms. The average molecular weight is 239 g/mol. The third-order valence-electron chi connectivity index (χ3n) is 1.22. The summed E-state index contributed by atoms with van der Waals surface area (Å²) in [6.45, 7) is 2.27. The molecular weight excluding hydrogens is 226 g/mol. The molecule has 0 amide bonds. The molecule has 0 aliphatic rings. The Bertz CT molecular complexity index is 311. The fourth-order valence-corrected chi connectivity index (χ4v) is 1.16. The van der Waals surface area contributed by atoms with Crippen LogP contribution in [0.2, 0.25) is 0 Å². The molecule has 0 aliphatic heterocycles. The molecule has 1 N–H and O–H groups in total. The Morgan fingerprint density at radius 3 is 2.67 bits per heavy atom. The summed E-state index contributed by atoms with van der Waals surface area (Å²) < 4.78 is 31.8. The lowest BCUT2D eigenvalue weighted by molar-refractivity contribution is -0.137. The van der Waals surface area contributed by atoms with Gasteiger partial charge in [0.25, 0.3) is 0 Å². The normalized spacial score (nSPS) is 11.4. The maximum absolute atomic E-state index is 11.2. The van der Waals surface area contributed by atoms with Crippen molar-refractivity contribution in [3.05, 3.63) is 12.7 Å². The topological polar surface area (TPSA) is 93.1 Å². The molecule has 7 nitrogen and oxygen atoms in total. The molecule has 0 aromatic carbocycles. The molecule has 0 saturated carbocycles. The van der Waals surface area contributed by atoms with Crippen molar-refractivity contribution >= 4 is 16.3 Å². The van der Waals surface area contributed by atoms with Crippen LogP contribution < -0.4 is 0 Å². The van der Waals surface area contributed by atoms with E-state index in [-0.39, 0.29) is 13.3 Å². The second-order valence-corrected chi connectivity index (χ2v) is 4.10. The van der Waals surface area contributed by atoms with Gasteiger partial charge in [-0.05, 0) is 0 Å². The van der Waals surface area contributed by atoms with Gasteiger partial charge in [0.15, 0.2) is 0 Å². The predicted molar refractivity (Wildman–Crippen MR) is 50.9 cm³/mol. The highest BCUT2D eigenvalue weighted by molar-refractivity contribution is 7.84. The highest BCUT2D eigenvalue weighted by Crippen LogP contribution is 2.00. The third kappa shape index (κ3) is 5.47. The molecule has 15 heavy (non-hydrogen) atoms. The second-order valence-electron chi connectivity index (χ2n) is 2.46. The van der Waals surface area contributed by atoms with Gasteiger partial charge in [-0.25, -0.2) is 4.79 Å². The van der Waals surface area contributed by atoms with Crippen molar-refractivity contribution in [1.82, 2.24) is 4.31 Å². The molecule has 0 heterocycles. The van der Waals surface area contributed by atoms with Gasteiger partial charge in [-0.2, -0.15) is 8.42 Å². The van der Waals surface area contributed by atoms with Crippen LogP contribution in [-0.4, -0.2) is 50.8 Å². The number of ether oxygens (including phenoxy) is 1. The fraction of sp³-hybridized carbons (Fsp3) is 0.571. The van der Waals surface area contributed by atoms with Gasteiger partial charge in [0, 0.05) is 7.05 Å². The van der Waals surface area contributed by atoms with Crippen molar-refractivity contribution in [1.29, 1.82) is 0 Å². The molecule has 0 aliphatic carbocycles. The lowest BCUT2D eigenvalue weighted by Gasteiger charge is -2.15. The Labute approximate surface area is 88.2 Å². The van der Waals surface area contributed by atoms with E-state index in [0.29, 0.717) is 4.31 Å². The molecule has 0 aromatic rings. The van der Waals surface area contributed by atoms with Crippen LogP contribution in [0.25, 0.3) is 0 Å². The van der Waals surface area contributed by atoms with Crippen LogP contribution in [0, 0.1) is 0 Å². The Morgan fingerprint density at radius 2 is 2.20 bits per heavy atom. The summed E-state index contributed by atoms with van der Waals surface area (Å²) in [5.41, 5.74) is 0. The van der Waals surface area contributed by atoms with E-state index >= 15 is 0 Å². The van der Waals surface area contributed by atoms with E-state index in [2.05, 4.69) is 10.8 Å². The molecular formula is C7H13NO6S. The Hall–Kier alpha value is -0.960. The molecule has 0 fully saturated rings. The van der Waals surface area contributed by atoms with Crippen LogP contribution in [0.4, 0.5) is 0 Å². The monoisotopic (exact) mass is 239 g/mol. The molecule has 0 unspecified atom stereocenters. The lowest BCUT2D eigenvalue weighted by Crippen LogP contribution is -2.33. The summed E-state index contributed by atoms with van der Waals surface area (Å²) in [5.74, 6) is -1.24. The van der Waals surface area contributed by atoms with Crippen LogP contribution in [0.5, 0.6) is 0 Å². The van der Waals surface area contributed by atoms with Crippen molar-refractivity contribution in [3.63, 3.8) is 0 Å². The summed E-state index contributed by atoms with van der Waals surface area (Å²) in [6.07, 6.45) is 1.44. The molecule has 8 heteroatoms. The Balaban J connectivity index is 4.20. The first-order chi connectivity index (χ1) is 6.94. The van der Waals surface area contributed by atoms with Gasteiger partial charge in [0.1, 0.15) is 13.3 Å². The predicted octanol–water partition coefficient (Wildman–Crippen LogP) is -1.14. The summed E-state index contributed by atoms with van der Waals surface area (Å²) in [5, 5.41) is 8.29. The maximum atomic E-state index is 11.2. The van der Waals surface area contributed by atoms with Crippen molar-refractivity contribution < 1.29 is 27.2 Å². The number of hydrogen-bond donors (Lipinski definition) is 1. The minimum Gasteiger partial charge on any atom is -0.385 e. The highest BCUT2D eigenvalue weighted by atomic mass is 32.2. The minimum absolute atomic E-state index is 0.174. The number of rotatable bonds is 7. The van der Waals surface area contributed by atoms with E-state index in [1.165, 1.54) is 13.1 Å². The Kier molecular flexibility index (Phi) is 6.09. The van der Waals surface area contributed by atoms with Gasteiger partial charge in [0.05, 0.1) is 6.61 Å². The first-order valence-electron chi connectivity index (χ1n) is 3.92. The van der Waals surface area contributed by atoms with Crippen LogP contribution in [0.1, 0.15) is 0 Å². The van der Waals surface area contributed by atoms with Crippen LogP contribution in [0.3, 0.4) is 0 Å². The zero-order chi connectivity index (χ0) is 11.9. The number of carbonyl (C=O) groups is 1. The first-order valence-corrected chi connectivity index (χ1v) is 5.28.